The molecule has 68 valence electrons. The second-order valence-corrected chi connectivity index (χ2v) is 3.37. The zero-order chi connectivity index (χ0) is 9.59. The average Bonchev–Trinajstić information content (AvgIpc) is 2.27. The fourth-order valence-corrected chi connectivity index (χ4v) is 1.68. The van der Waals surface area contributed by atoms with Gasteiger partial charge in [-0.15, -0.1) is 0 Å². The number of aryl methyl sites for hydroxylation is 1. The van der Waals surface area contributed by atoms with Crippen LogP contribution < -0.4 is 11.6 Å². The van der Waals surface area contributed by atoms with Crippen molar-refractivity contribution in [2.75, 3.05) is 11.6 Å². The van der Waals surface area contributed by atoms with Crippen LogP contribution in [0.15, 0.2) is 12.1 Å². The number of benzene rings is 1. The lowest BCUT2D eigenvalue weighted by Crippen LogP contribution is -2.11. The standard InChI is InChI=1S/C8H9ClN4/c1-4-2-5(9)3-6-7(4)13(11)8(10)12-6/h2-3H,11H2,1H3,(H2,10,12). The first-order valence-corrected chi connectivity index (χ1v) is 4.16. The van der Waals surface area contributed by atoms with E-state index in [1.54, 1.807) is 6.07 Å². The maximum atomic E-state index is 5.85. The van der Waals surface area contributed by atoms with Gasteiger partial charge in [0, 0.05) is 5.02 Å². The topological polar surface area (TPSA) is 69.9 Å². The molecule has 0 saturated heterocycles. The van der Waals surface area contributed by atoms with Gasteiger partial charge in [-0.2, -0.15) is 0 Å². The molecule has 1 aromatic heterocycles. The minimum absolute atomic E-state index is 0.292. The van der Waals surface area contributed by atoms with Crippen LogP contribution in [-0.2, 0) is 0 Å². The van der Waals surface area contributed by atoms with Gasteiger partial charge < -0.3 is 11.6 Å². The number of fused-ring (bicyclic) bond motifs is 1. The zero-order valence-corrected chi connectivity index (χ0v) is 7.84. The van der Waals surface area contributed by atoms with E-state index in [9.17, 15) is 0 Å². The normalized spacial score (nSPS) is 10.9. The quantitative estimate of drug-likeness (QED) is 0.624. The van der Waals surface area contributed by atoms with Crippen molar-refractivity contribution in [3.8, 4) is 0 Å². The molecule has 2 rings (SSSR count). The van der Waals surface area contributed by atoms with Crippen molar-refractivity contribution in [2.24, 2.45) is 0 Å². The predicted octanol–water partition coefficient (Wildman–Crippen LogP) is 1.29. The molecule has 0 atom stereocenters. The lowest BCUT2D eigenvalue weighted by molar-refractivity contribution is 1.05. The minimum atomic E-state index is 0.292. The number of aromatic nitrogens is 2. The lowest BCUT2D eigenvalue weighted by Gasteiger charge is -2.00. The summed E-state index contributed by atoms with van der Waals surface area (Å²) in [5, 5.41) is 0.642. The highest BCUT2D eigenvalue weighted by molar-refractivity contribution is 6.31. The van der Waals surface area contributed by atoms with E-state index in [1.807, 2.05) is 13.0 Å². The summed E-state index contributed by atoms with van der Waals surface area (Å²) in [4.78, 5) is 4.07. The summed E-state index contributed by atoms with van der Waals surface area (Å²) in [7, 11) is 0. The Kier molecular flexibility index (Phi) is 1.60. The van der Waals surface area contributed by atoms with E-state index in [-0.39, 0.29) is 0 Å². The van der Waals surface area contributed by atoms with Crippen molar-refractivity contribution in [2.45, 2.75) is 6.92 Å². The molecule has 4 nitrogen and oxygen atoms in total. The second-order valence-electron chi connectivity index (χ2n) is 2.93. The van der Waals surface area contributed by atoms with Gasteiger partial charge in [0.25, 0.3) is 0 Å². The Balaban J connectivity index is 2.94. The smallest absolute Gasteiger partial charge is 0.220 e. The molecule has 0 amide bonds. The van der Waals surface area contributed by atoms with Crippen molar-refractivity contribution in [1.82, 2.24) is 9.66 Å². The number of imidazole rings is 1. The van der Waals surface area contributed by atoms with Gasteiger partial charge >= 0.3 is 0 Å². The third kappa shape index (κ3) is 1.10. The largest absolute Gasteiger partial charge is 0.368 e. The first-order chi connectivity index (χ1) is 6.09. The van der Waals surface area contributed by atoms with Crippen LogP contribution in [0.3, 0.4) is 0 Å². The molecule has 5 heteroatoms. The van der Waals surface area contributed by atoms with E-state index in [0.717, 1.165) is 16.6 Å². The molecule has 4 N–H and O–H groups in total. The van der Waals surface area contributed by atoms with Gasteiger partial charge in [0.2, 0.25) is 5.95 Å². The van der Waals surface area contributed by atoms with Gasteiger partial charge in [-0.25, -0.2) is 9.66 Å². The van der Waals surface area contributed by atoms with Crippen LogP contribution in [0.25, 0.3) is 11.0 Å². The summed E-state index contributed by atoms with van der Waals surface area (Å²) >= 11 is 5.85. The summed E-state index contributed by atoms with van der Waals surface area (Å²) < 4.78 is 1.36. The second kappa shape index (κ2) is 2.53. The Morgan fingerprint density at radius 2 is 2.15 bits per heavy atom. The van der Waals surface area contributed by atoms with Crippen LogP contribution in [0.5, 0.6) is 0 Å². The molecule has 0 radical (unpaired) electrons. The van der Waals surface area contributed by atoms with Crippen LogP contribution >= 0.6 is 11.6 Å². The molecule has 0 aliphatic rings. The molecule has 0 spiro atoms. The molecule has 0 unspecified atom stereocenters. The van der Waals surface area contributed by atoms with Gasteiger partial charge in [0.05, 0.1) is 11.0 Å². The highest BCUT2D eigenvalue weighted by atomic mass is 35.5. The van der Waals surface area contributed by atoms with Crippen molar-refractivity contribution < 1.29 is 0 Å². The molecular weight excluding hydrogens is 188 g/mol. The molecule has 0 saturated carbocycles. The fraction of sp³-hybridized carbons (Fsp3) is 0.125. The first-order valence-electron chi connectivity index (χ1n) is 3.78. The highest BCUT2D eigenvalue weighted by Crippen LogP contribution is 2.23. The Morgan fingerprint density at radius 3 is 2.85 bits per heavy atom. The van der Waals surface area contributed by atoms with Crippen LogP contribution in [0.1, 0.15) is 5.56 Å². The number of hydrogen-bond donors (Lipinski definition) is 2. The minimum Gasteiger partial charge on any atom is -0.368 e. The number of nitrogens with zero attached hydrogens (tertiary/aromatic N) is 2. The zero-order valence-electron chi connectivity index (χ0n) is 7.08. The van der Waals surface area contributed by atoms with E-state index in [0.29, 0.717) is 11.0 Å². The predicted molar refractivity (Wildman–Crippen MR) is 54.0 cm³/mol. The molecule has 0 bridgehead atoms. The van der Waals surface area contributed by atoms with Gasteiger partial charge in [-0.3, -0.25) is 0 Å². The number of hydrogen-bond acceptors (Lipinski definition) is 3. The maximum absolute atomic E-state index is 5.85. The Morgan fingerprint density at radius 1 is 1.46 bits per heavy atom. The van der Waals surface area contributed by atoms with E-state index in [4.69, 9.17) is 23.2 Å². The average molecular weight is 197 g/mol. The summed E-state index contributed by atoms with van der Waals surface area (Å²) in [6.07, 6.45) is 0. The third-order valence-electron chi connectivity index (χ3n) is 1.97. The summed E-state index contributed by atoms with van der Waals surface area (Å²) in [5.41, 5.74) is 8.07. The van der Waals surface area contributed by atoms with Crippen LogP contribution in [-0.4, -0.2) is 9.66 Å². The lowest BCUT2D eigenvalue weighted by atomic mass is 10.2. The van der Waals surface area contributed by atoms with Crippen LogP contribution in [0.4, 0.5) is 5.95 Å². The summed E-state index contributed by atoms with van der Waals surface area (Å²) in [6.45, 7) is 1.92. The van der Waals surface area contributed by atoms with E-state index in [1.165, 1.54) is 4.68 Å². The maximum Gasteiger partial charge on any atom is 0.220 e. The monoisotopic (exact) mass is 196 g/mol. The molecule has 0 fully saturated rings. The molecule has 0 aliphatic carbocycles. The number of nitrogen functional groups attached to an aromatic ring is 2. The molecule has 2 aromatic rings. The van der Waals surface area contributed by atoms with Crippen LogP contribution in [0.2, 0.25) is 5.02 Å². The number of rotatable bonds is 0. The Labute approximate surface area is 80.1 Å². The van der Waals surface area contributed by atoms with Crippen molar-refractivity contribution >= 4 is 28.6 Å². The third-order valence-corrected chi connectivity index (χ3v) is 2.19. The summed E-state index contributed by atoms with van der Waals surface area (Å²) in [6, 6.07) is 3.57. The Bertz CT molecular complexity index is 474. The van der Waals surface area contributed by atoms with E-state index >= 15 is 0 Å². The van der Waals surface area contributed by atoms with Gasteiger partial charge in [0.1, 0.15) is 0 Å². The van der Waals surface area contributed by atoms with E-state index in [2.05, 4.69) is 4.98 Å². The fourth-order valence-electron chi connectivity index (χ4n) is 1.41. The van der Waals surface area contributed by atoms with Crippen molar-refractivity contribution in [1.29, 1.82) is 0 Å². The van der Waals surface area contributed by atoms with Crippen molar-refractivity contribution in [3.05, 3.63) is 22.7 Å². The first kappa shape index (κ1) is 8.19. The number of halogens is 1. The highest BCUT2D eigenvalue weighted by Gasteiger charge is 2.08. The number of anilines is 1. The SMILES string of the molecule is Cc1cc(Cl)cc2nc(N)n(N)c12. The van der Waals surface area contributed by atoms with E-state index < -0.39 is 0 Å². The van der Waals surface area contributed by atoms with Gasteiger partial charge in [0.15, 0.2) is 0 Å². The number of nitrogens with two attached hydrogens (primary N) is 2. The molecule has 13 heavy (non-hydrogen) atoms. The molecule has 0 aliphatic heterocycles. The summed E-state index contributed by atoms with van der Waals surface area (Å²) in [5.74, 6) is 5.97. The molecule has 1 aromatic carbocycles. The van der Waals surface area contributed by atoms with Gasteiger partial charge in [-0.1, -0.05) is 11.6 Å². The molecular formula is C8H9ClN4. The van der Waals surface area contributed by atoms with Crippen LogP contribution in [0, 0.1) is 6.92 Å². The Hall–Kier alpha value is -1.42. The van der Waals surface area contributed by atoms with Crippen molar-refractivity contribution in [3.63, 3.8) is 0 Å². The molecule has 1 heterocycles. The van der Waals surface area contributed by atoms with Gasteiger partial charge in [-0.05, 0) is 24.6 Å².